The Morgan fingerprint density at radius 3 is 2.30 bits per heavy atom. The molecule has 0 spiro atoms. The fourth-order valence-electron chi connectivity index (χ4n) is 2.97. The Kier molecular flexibility index (Phi) is 4.00. The molecule has 1 aliphatic rings. The molecule has 1 aromatic carbocycles. The summed E-state index contributed by atoms with van der Waals surface area (Å²) in [5.41, 5.74) is -2.74. The molecule has 0 bridgehead atoms. The molecule has 0 aromatic heterocycles. The van der Waals surface area contributed by atoms with Gasteiger partial charge in [-0.15, -0.1) is 0 Å². The topological polar surface area (TPSA) is 37.3 Å². The number of halogens is 4. The van der Waals surface area contributed by atoms with E-state index in [1.807, 2.05) is 0 Å². The van der Waals surface area contributed by atoms with Gasteiger partial charge >= 0.3 is 12.1 Å². The van der Waals surface area contributed by atoms with Gasteiger partial charge in [0.05, 0.1) is 11.0 Å². The SMILES string of the molecule is O=C(O)C1(c2c(Cl)cccc2C(F)(F)F)CCCCC1. The van der Waals surface area contributed by atoms with Crippen molar-refractivity contribution in [1.82, 2.24) is 0 Å². The summed E-state index contributed by atoms with van der Waals surface area (Å²) in [6.45, 7) is 0. The molecule has 0 heterocycles. The predicted molar refractivity (Wildman–Crippen MR) is 68.9 cm³/mol. The second-order valence-corrected chi connectivity index (χ2v) is 5.52. The van der Waals surface area contributed by atoms with Crippen molar-refractivity contribution in [2.24, 2.45) is 0 Å². The molecule has 6 heteroatoms. The van der Waals surface area contributed by atoms with Crippen LogP contribution in [0.15, 0.2) is 18.2 Å². The first kappa shape index (κ1) is 15.2. The molecule has 0 unspecified atom stereocenters. The van der Waals surface area contributed by atoms with Gasteiger partial charge in [0.2, 0.25) is 0 Å². The summed E-state index contributed by atoms with van der Waals surface area (Å²) >= 11 is 5.94. The molecule has 0 amide bonds. The highest BCUT2D eigenvalue weighted by Gasteiger charge is 2.48. The smallest absolute Gasteiger partial charge is 0.416 e. The van der Waals surface area contributed by atoms with Gasteiger partial charge in [-0.2, -0.15) is 13.2 Å². The number of carboxylic acid groups (broad SMARTS) is 1. The van der Waals surface area contributed by atoms with Crippen molar-refractivity contribution in [2.75, 3.05) is 0 Å². The first-order valence-electron chi connectivity index (χ1n) is 6.38. The maximum Gasteiger partial charge on any atom is 0.416 e. The van der Waals surface area contributed by atoms with Gasteiger partial charge in [0.15, 0.2) is 0 Å². The van der Waals surface area contributed by atoms with Crippen LogP contribution in [0.1, 0.15) is 43.2 Å². The van der Waals surface area contributed by atoms with E-state index in [2.05, 4.69) is 0 Å². The summed E-state index contributed by atoms with van der Waals surface area (Å²) in [6, 6.07) is 3.43. The molecular formula is C14H14ClF3O2. The van der Waals surface area contributed by atoms with Crippen molar-refractivity contribution in [1.29, 1.82) is 0 Å². The summed E-state index contributed by atoms with van der Waals surface area (Å²) < 4.78 is 39.5. The van der Waals surface area contributed by atoms with Gasteiger partial charge in [0.25, 0.3) is 0 Å². The Morgan fingerprint density at radius 1 is 1.20 bits per heavy atom. The maximum absolute atomic E-state index is 13.2. The Hall–Kier alpha value is -1.23. The minimum absolute atomic E-state index is 0.121. The monoisotopic (exact) mass is 306 g/mol. The molecule has 0 saturated heterocycles. The number of hydrogen-bond acceptors (Lipinski definition) is 1. The third-order valence-corrected chi connectivity index (χ3v) is 4.23. The van der Waals surface area contributed by atoms with Crippen molar-refractivity contribution in [3.8, 4) is 0 Å². The van der Waals surface area contributed by atoms with Crippen molar-refractivity contribution >= 4 is 17.6 Å². The van der Waals surface area contributed by atoms with E-state index in [9.17, 15) is 23.1 Å². The average molecular weight is 307 g/mol. The van der Waals surface area contributed by atoms with Crippen LogP contribution in [-0.2, 0) is 16.4 Å². The lowest BCUT2D eigenvalue weighted by Crippen LogP contribution is -2.40. The van der Waals surface area contributed by atoms with Crippen molar-refractivity contribution in [3.63, 3.8) is 0 Å². The normalized spacial score (nSPS) is 18.8. The van der Waals surface area contributed by atoms with Crippen LogP contribution in [0.25, 0.3) is 0 Å². The van der Waals surface area contributed by atoms with Crippen LogP contribution < -0.4 is 0 Å². The summed E-state index contributed by atoms with van der Waals surface area (Å²) in [6.07, 6.45) is -2.21. The van der Waals surface area contributed by atoms with E-state index in [0.717, 1.165) is 12.5 Å². The third kappa shape index (κ3) is 2.51. The third-order valence-electron chi connectivity index (χ3n) is 3.91. The largest absolute Gasteiger partial charge is 0.481 e. The molecule has 1 N–H and O–H groups in total. The van der Waals surface area contributed by atoms with Gasteiger partial charge in [-0.05, 0) is 25.0 Å². The Balaban J connectivity index is 2.68. The van der Waals surface area contributed by atoms with E-state index in [1.165, 1.54) is 12.1 Å². The Labute approximate surface area is 119 Å². The zero-order valence-electron chi connectivity index (χ0n) is 10.6. The van der Waals surface area contributed by atoms with Gasteiger partial charge in [-0.3, -0.25) is 4.79 Å². The van der Waals surface area contributed by atoms with Crippen LogP contribution in [0.4, 0.5) is 13.2 Å². The molecule has 2 nitrogen and oxygen atoms in total. The van der Waals surface area contributed by atoms with E-state index in [1.54, 1.807) is 0 Å². The molecule has 2 rings (SSSR count). The van der Waals surface area contributed by atoms with Crippen LogP contribution in [-0.4, -0.2) is 11.1 Å². The zero-order chi connectivity index (χ0) is 15.0. The quantitative estimate of drug-likeness (QED) is 0.864. The van der Waals surface area contributed by atoms with Crippen LogP contribution >= 0.6 is 11.6 Å². The average Bonchev–Trinajstić information content (AvgIpc) is 2.38. The molecule has 1 saturated carbocycles. The number of alkyl halides is 3. The van der Waals surface area contributed by atoms with Crippen LogP contribution in [0.5, 0.6) is 0 Å². The highest BCUT2D eigenvalue weighted by molar-refractivity contribution is 6.31. The number of carboxylic acids is 1. The maximum atomic E-state index is 13.2. The first-order valence-corrected chi connectivity index (χ1v) is 6.76. The van der Waals surface area contributed by atoms with Crippen molar-refractivity contribution in [3.05, 3.63) is 34.3 Å². The van der Waals surface area contributed by atoms with Crippen molar-refractivity contribution < 1.29 is 23.1 Å². The van der Waals surface area contributed by atoms with E-state index in [-0.39, 0.29) is 23.4 Å². The molecule has 1 aromatic rings. The molecule has 20 heavy (non-hydrogen) atoms. The van der Waals surface area contributed by atoms with Gasteiger partial charge in [-0.25, -0.2) is 0 Å². The lowest BCUT2D eigenvalue weighted by atomic mass is 9.68. The lowest BCUT2D eigenvalue weighted by Gasteiger charge is -2.36. The molecule has 1 aliphatic carbocycles. The van der Waals surface area contributed by atoms with Gasteiger partial charge in [-0.1, -0.05) is 36.9 Å². The number of carbonyl (C=O) groups is 1. The van der Waals surface area contributed by atoms with Gasteiger partial charge in [0, 0.05) is 10.6 Å². The fourth-order valence-corrected chi connectivity index (χ4v) is 3.33. The second-order valence-electron chi connectivity index (χ2n) is 5.11. The molecule has 110 valence electrons. The molecule has 0 radical (unpaired) electrons. The number of hydrogen-bond donors (Lipinski definition) is 1. The van der Waals surface area contributed by atoms with Crippen molar-refractivity contribution in [2.45, 2.75) is 43.7 Å². The highest BCUT2D eigenvalue weighted by atomic mass is 35.5. The van der Waals surface area contributed by atoms with E-state index >= 15 is 0 Å². The summed E-state index contributed by atoms with van der Waals surface area (Å²) in [7, 11) is 0. The molecular weight excluding hydrogens is 293 g/mol. The van der Waals surface area contributed by atoms with E-state index in [4.69, 9.17) is 11.6 Å². The Morgan fingerprint density at radius 2 is 1.80 bits per heavy atom. The fraction of sp³-hybridized carbons (Fsp3) is 0.500. The van der Waals surface area contributed by atoms with Gasteiger partial charge in [0.1, 0.15) is 0 Å². The summed E-state index contributed by atoms with van der Waals surface area (Å²) in [4.78, 5) is 11.7. The van der Waals surface area contributed by atoms with Gasteiger partial charge < -0.3 is 5.11 Å². The molecule has 0 atom stereocenters. The lowest BCUT2D eigenvalue weighted by molar-refractivity contribution is -0.147. The first-order chi connectivity index (χ1) is 9.29. The van der Waals surface area contributed by atoms with E-state index < -0.39 is 23.1 Å². The van der Waals surface area contributed by atoms with Crippen LogP contribution in [0.2, 0.25) is 5.02 Å². The number of benzene rings is 1. The minimum Gasteiger partial charge on any atom is -0.481 e. The number of rotatable bonds is 2. The molecule has 0 aliphatic heterocycles. The summed E-state index contributed by atoms with van der Waals surface area (Å²) in [5, 5.41) is 9.41. The Bertz CT molecular complexity index is 520. The number of aliphatic carboxylic acids is 1. The molecule has 1 fully saturated rings. The second kappa shape index (κ2) is 5.28. The van der Waals surface area contributed by atoms with Crippen LogP contribution in [0, 0.1) is 0 Å². The van der Waals surface area contributed by atoms with E-state index in [0.29, 0.717) is 12.8 Å². The minimum atomic E-state index is -4.61. The van der Waals surface area contributed by atoms with Crippen LogP contribution in [0.3, 0.4) is 0 Å². The highest BCUT2D eigenvalue weighted by Crippen LogP contribution is 2.47. The zero-order valence-corrected chi connectivity index (χ0v) is 11.4. The predicted octanol–water partition coefficient (Wildman–Crippen LogP) is 4.65. The summed E-state index contributed by atoms with van der Waals surface area (Å²) in [5.74, 6) is -1.23. The standard InChI is InChI=1S/C14H14ClF3O2/c15-10-6-4-5-9(14(16,17)18)11(10)13(12(19)20)7-2-1-3-8-13/h4-6H,1-3,7-8H2,(H,19,20).